The van der Waals surface area contributed by atoms with Crippen LogP contribution < -0.4 is 10.6 Å². The minimum Gasteiger partial charge on any atom is -0.324 e. The predicted octanol–water partition coefficient (Wildman–Crippen LogP) is 2.39. The van der Waals surface area contributed by atoms with E-state index < -0.39 is 5.54 Å². The van der Waals surface area contributed by atoms with E-state index in [4.69, 9.17) is 0 Å². The van der Waals surface area contributed by atoms with Crippen LogP contribution in [-0.4, -0.2) is 38.6 Å². The number of carbonyl (C=O) groups excluding carboxylic acids is 1. The molecule has 3 aromatic rings. The van der Waals surface area contributed by atoms with Gasteiger partial charge in [0.2, 0.25) is 0 Å². The minimum atomic E-state index is -0.644. The maximum absolute atomic E-state index is 13.2. The van der Waals surface area contributed by atoms with Gasteiger partial charge in [0.15, 0.2) is 0 Å². The molecule has 4 rings (SSSR count). The molecule has 0 unspecified atom stereocenters. The second-order valence-corrected chi connectivity index (χ2v) is 6.42. The molecule has 0 atom stereocenters. The number of anilines is 1. The van der Waals surface area contributed by atoms with Crippen LogP contribution in [0.1, 0.15) is 19.8 Å². The standard InChI is InChI=1S/C18H22N6O.ClH/c1-2-23-16-12-15(5-4-14(16)13-21-23)22-17(25)18(6-9-19-10-7-18)24-11-3-8-20-24;/h3-5,8,11-13,19H,2,6-7,9-10H2,1H3,(H,22,25);1H. The van der Waals surface area contributed by atoms with Crippen molar-refractivity contribution in [1.82, 2.24) is 24.9 Å². The number of benzene rings is 1. The fraction of sp³-hybridized carbons (Fsp3) is 0.389. The lowest BCUT2D eigenvalue weighted by Crippen LogP contribution is -2.52. The van der Waals surface area contributed by atoms with Gasteiger partial charge in [0.1, 0.15) is 5.54 Å². The van der Waals surface area contributed by atoms with E-state index in [1.165, 1.54) is 0 Å². The van der Waals surface area contributed by atoms with Gasteiger partial charge >= 0.3 is 0 Å². The lowest BCUT2D eigenvalue weighted by Gasteiger charge is -2.36. The Morgan fingerprint density at radius 3 is 2.81 bits per heavy atom. The smallest absolute Gasteiger partial charge is 0.252 e. The molecule has 3 heterocycles. The first-order valence-electron chi connectivity index (χ1n) is 8.71. The van der Waals surface area contributed by atoms with Crippen molar-refractivity contribution in [3.8, 4) is 0 Å². The number of fused-ring (bicyclic) bond motifs is 1. The summed E-state index contributed by atoms with van der Waals surface area (Å²) in [6.07, 6.45) is 6.89. The quantitative estimate of drug-likeness (QED) is 0.735. The van der Waals surface area contributed by atoms with Crippen LogP contribution in [0, 0.1) is 0 Å². The van der Waals surface area contributed by atoms with Crippen LogP contribution in [0.3, 0.4) is 0 Å². The number of amides is 1. The first-order chi connectivity index (χ1) is 12.2. The third-order valence-corrected chi connectivity index (χ3v) is 5.00. The highest BCUT2D eigenvalue weighted by atomic mass is 35.5. The Morgan fingerprint density at radius 1 is 1.31 bits per heavy atom. The number of hydrogen-bond acceptors (Lipinski definition) is 4. The van der Waals surface area contributed by atoms with E-state index in [2.05, 4.69) is 27.8 Å². The van der Waals surface area contributed by atoms with E-state index in [9.17, 15) is 4.79 Å². The highest BCUT2D eigenvalue weighted by Crippen LogP contribution is 2.29. The number of piperidine rings is 1. The number of aryl methyl sites for hydroxylation is 1. The van der Waals surface area contributed by atoms with Crippen molar-refractivity contribution in [2.45, 2.75) is 31.8 Å². The molecule has 2 aromatic heterocycles. The molecule has 0 radical (unpaired) electrons. The van der Waals surface area contributed by atoms with Crippen molar-refractivity contribution in [1.29, 1.82) is 0 Å². The summed E-state index contributed by atoms with van der Waals surface area (Å²) in [4.78, 5) is 13.2. The largest absolute Gasteiger partial charge is 0.324 e. The number of halogens is 1. The Balaban J connectivity index is 0.00000196. The summed E-state index contributed by atoms with van der Waals surface area (Å²) < 4.78 is 3.73. The summed E-state index contributed by atoms with van der Waals surface area (Å²) >= 11 is 0. The molecule has 1 fully saturated rings. The number of nitrogens with one attached hydrogen (secondary N) is 2. The van der Waals surface area contributed by atoms with Crippen LogP contribution in [-0.2, 0) is 16.9 Å². The Bertz CT molecular complexity index is 882. The van der Waals surface area contributed by atoms with Crippen molar-refractivity contribution in [2.75, 3.05) is 18.4 Å². The van der Waals surface area contributed by atoms with Crippen LogP contribution in [0.5, 0.6) is 0 Å². The van der Waals surface area contributed by atoms with Gasteiger partial charge in [-0.3, -0.25) is 14.2 Å². The Labute approximate surface area is 158 Å². The lowest BCUT2D eigenvalue weighted by atomic mass is 9.87. The van der Waals surface area contributed by atoms with Gasteiger partial charge in [-0.2, -0.15) is 10.2 Å². The zero-order valence-electron chi connectivity index (χ0n) is 14.7. The van der Waals surface area contributed by atoms with Crippen LogP contribution in [0.4, 0.5) is 5.69 Å². The Kier molecular flexibility index (Phi) is 5.29. The monoisotopic (exact) mass is 374 g/mol. The molecule has 0 aliphatic carbocycles. The number of hydrogen-bond donors (Lipinski definition) is 2. The molecule has 0 bridgehead atoms. The summed E-state index contributed by atoms with van der Waals surface area (Å²) in [6.45, 7) is 4.45. The molecule has 1 aromatic carbocycles. The van der Waals surface area contributed by atoms with Gasteiger partial charge in [0, 0.05) is 30.0 Å². The number of nitrogens with zero attached hydrogens (tertiary/aromatic N) is 4. The fourth-order valence-electron chi connectivity index (χ4n) is 3.57. The molecule has 2 N–H and O–H groups in total. The topological polar surface area (TPSA) is 76.8 Å². The number of carbonyl (C=O) groups is 1. The maximum Gasteiger partial charge on any atom is 0.252 e. The normalized spacial score (nSPS) is 16.2. The van der Waals surface area contributed by atoms with Gasteiger partial charge in [-0.05, 0) is 57.1 Å². The van der Waals surface area contributed by atoms with Gasteiger partial charge in [-0.15, -0.1) is 12.4 Å². The highest BCUT2D eigenvalue weighted by Gasteiger charge is 2.42. The molecule has 1 saturated heterocycles. The van der Waals surface area contributed by atoms with Gasteiger partial charge in [0.25, 0.3) is 5.91 Å². The van der Waals surface area contributed by atoms with Crippen LogP contribution >= 0.6 is 12.4 Å². The zero-order valence-corrected chi connectivity index (χ0v) is 15.5. The molecule has 138 valence electrons. The van der Waals surface area contributed by atoms with Crippen LogP contribution in [0.2, 0.25) is 0 Å². The minimum absolute atomic E-state index is 0. The number of aromatic nitrogens is 4. The van der Waals surface area contributed by atoms with Gasteiger partial charge < -0.3 is 10.6 Å². The third kappa shape index (κ3) is 3.08. The first kappa shape index (κ1) is 18.4. The van der Waals surface area contributed by atoms with E-state index in [1.54, 1.807) is 10.9 Å². The first-order valence-corrected chi connectivity index (χ1v) is 8.71. The average Bonchev–Trinajstić information content (AvgIpc) is 3.32. The molecular weight excluding hydrogens is 352 g/mol. The van der Waals surface area contributed by atoms with Crippen LogP contribution in [0.15, 0.2) is 42.9 Å². The molecule has 0 saturated carbocycles. The SMILES string of the molecule is CCn1ncc2ccc(NC(=O)C3(n4cccn4)CCNCC3)cc21.Cl. The van der Waals surface area contributed by atoms with E-state index in [1.807, 2.05) is 41.3 Å². The fourth-order valence-corrected chi connectivity index (χ4v) is 3.57. The Morgan fingerprint density at radius 2 is 2.12 bits per heavy atom. The molecule has 26 heavy (non-hydrogen) atoms. The van der Waals surface area contributed by atoms with Gasteiger partial charge in [-0.1, -0.05) is 0 Å². The molecule has 0 spiro atoms. The molecule has 1 aliphatic rings. The van der Waals surface area contributed by atoms with Crippen molar-refractivity contribution >= 4 is 34.9 Å². The summed E-state index contributed by atoms with van der Waals surface area (Å²) in [5, 5.41) is 16.2. The Hall–Kier alpha value is -2.38. The molecule has 1 amide bonds. The van der Waals surface area contributed by atoms with E-state index >= 15 is 0 Å². The summed E-state index contributed by atoms with van der Waals surface area (Å²) in [7, 11) is 0. The average molecular weight is 375 g/mol. The predicted molar refractivity (Wildman–Crippen MR) is 104 cm³/mol. The molecule has 1 aliphatic heterocycles. The zero-order chi connectivity index (χ0) is 17.3. The third-order valence-electron chi connectivity index (χ3n) is 5.00. The summed E-state index contributed by atoms with van der Waals surface area (Å²) in [5.41, 5.74) is 1.17. The highest BCUT2D eigenvalue weighted by molar-refractivity contribution is 5.98. The van der Waals surface area contributed by atoms with Crippen LogP contribution in [0.25, 0.3) is 10.9 Å². The summed E-state index contributed by atoms with van der Waals surface area (Å²) in [5.74, 6) is -0.0142. The van der Waals surface area contributed by atoms with E-state index in [0.29, 0.717) is 0 Å². The van der Waals surface area contributed by atoms with Crippen molar-refractivity contribution in [3.63, 3.8) is 0 Å². The second kappa shape index (κ2) is 7.47. The lowest BCUT2D eigenvalue weighted by molar-refractivity contribution is -0.126. The molecule has 8 heteroatoms. The van der Waals surface area contributed by atoms with Gasteiger partial charge in [0.05, 0.1) is 11.7 Å². The summed E-state index contributed by atoms with van der Waals surface area (Å²) in [6, 6.07) is 7.78. The van der Waals surface area contributed by atoms with E-state index in [0.717, 1.165) is 49.1 Å². The molecule has 7 nitrogen and oxygen atoms in total. The van der Waals surface area contributed by atoms with Crippen molar-refractivity contribution in [2.24, 2.45) is 0 Å². The second-order valence-electron chi connectivity index (χ2n) is 6.42. The maximum atomic E-state index is 13.2. The van der Waals surface area contributed by atoms with Crippen molar-refractivity contribution in [3.05, 3.63) is 42.9 Å². The molecular formula is C18H23ClN6O. The number of rotatable bonds is 4. The van der Waals surface area contributed by atoms with Crippen molar-refractivity contribution < 1.29 is 4.79 Å². The van der Waals surface area contributed by atoms with E-state index in [-0.39, 0.29) is 18.3 Å². The van der Waals surface area contributed by atoms with Gasteiger partial charge in [-0.25, -0.2) is 0 Å².